The maximum Gasteiger partial charge on any atom is 0.424 e. The van der Waals surface area contributed by atoms with Gasteiger partial charge in [0, 0.05) is 22.1 Å². The molecule has 238 valence electrons. The zero-order chi connectivity index (χ0) is 33.1. The molecule has 0 radical (unpaired) electrons. The second kappa shape index (κ2) is 13.2. The third kappa shape index (κ3) is 7.10. The van der Waals surface area contributed by atoms with Crippen molar-refractivity contribution in [1.82, 2.24) is 15.3 Å². The Bertz CT molecular complexity index is 1750. The molecule has 0 unspecified atom stereocenters. The Kier molecular flexibility index (Phi) is 9.83. The normalized spacial score (nSPS) is 12.9. The molecule has 0 spiro atoms. The van der Waals surface area contributed by atoms with Gasteiger partial charge in [0.25, 0.3) is 5.91 Å². The lowest BCUT2D eigenvalue weighted by Crippen LogP contribution is -2.51. The highest BCUT2D eigenvalue weighted by molar-refractivity contribution is 6.31. The molecule has 0 bridgehead atoms. The summed E-state index contributed by atoms with van der Waals surface area (Å²) in [4.78, 5) is 33.6. The molecule has 0 aliphatic heterocycles. The molecule has 14 heteroatoms. The Morgan fingerprint density at radius 3 is 2.38 bits per heavy atom. The van der Waals surface area contributed by atoms with E-state index in [2.05, 4.69) is 15.3 Å². The maximum atomic E-state index is 14.7. The fraction of sp³-hybridized carbons (Fsp3) is 0.290. The summed E-state index contributed by atoms with van der Waals surface area (Å²) in [5, 5.41) is 14.1. The first-order valence-corrected chi connectivity index (χ1v) is 14.0. The van der Waals surface area contributed by atoms with Crippen LogP contribution in [0.15, 0.2) is 48.5 Å². The lowest BCUT2D eigenvalue weighted by atomic mass is 9.93. The number of methoxy groups -OCH3 is 1. The van der Waals surface area contributed by atoms with E-state index in [1.807, 2.05) is 0 Å². The second-order valence-corrected chi connectivity index (χ2v) is 10.6. The number of alkyl halides is 3. The summed E-state index contributed by atoms with van der Waals surface area (Å²) >= 11 is 6.18. The Morgan fingerprint density at radius 2 is 1.78 bits per heavy atom. The maximum absolute atomic E-state index is 14.7. The summed E-state index contributed by atoms with van der Waals surface area (Å²) in [7, 11) is 1.34. The molecule has 0 fully saturated rings. The molecule has 2 aromatic carbocycles. The number of pyridine rings is 2. The lowest BCUT2D eigenvalue weighted by molar-refractivity contribution is -0.265. The smallest absolute Gasteiger partial charge is 0.424 e. The van der Waals surface area contributed by atoms with Gasteiger partial charge < -0.3 is 25.6 Å². The van der Waals surface area contributed by atoms with Gasteiger partial charge in [-0.25, -0.2) is 14.4 Å². The number of nitrogens with zero attached hydrogens (tertiary/aromatic N) is 2. The fourth-order valence-corrected chi connectivity index (χ4v) is 4.70. The van der Waals surface area contributed by atoms with Crippen molar-refractivity contribution in [2.24, 2.45) is 5.73 Å². The number of benzene rings is 2. The molecule has 45 heavy (non-hydrogen) atoms. The molecule has 2 heterocycles. The standard InChI is InChI=1S/C31H29ClF4N4O5/c1-4-9-45-28-19(14-25(37)41)13-24(40-27(28)17-5-7-21(33)8-6-17)30(43,31(34,35)36)15-38-29(42)20-10-18-11-22(32)16(2)39-26(18)23(12-20)44-3/h5-8,10-13,43H,4,9,14-15H2,1-3H3,(H2,37,41)(H,38,42)/t30-/m0/s1. The number of amides is 2. The van der Waals surface area contributed by atoms with E-state index in [-0.39, 0.29) is 40.5 Å². The van der Waals surface area contributed by atoms with Gasteiger partial charge in [0.1, 0.15) is 28.5 Å². The minimum Gasteiger partial charge on any atom is -0.494 e. The van der Waals surface area contributed by atoms with Crippen LogP contribution in [0.25, 0.3) is 22.2 Å². The van der Waals surface area contributed by atoms with E-state index in [9.17, 15) is 32.3 Å². The van der Waals surface area contributed by atoms with E-state index >= 15 is 0 Å². The number of rotatable bonds is 11. The average Bonchev–Trinajstić information content (AvgIpc) is 2.98. The zero-order valence-electron chi connectivity index (χ0n) is 24.4. The SMILES string of the molecule is CCCOc1c(CC(N)=O)cc([C@@](O)(CNC(=O)c2cc(OC)c3nc(C)c(Cl)cc3c2)C(F)(F)F)nc1-c1ccc(F)cc1. The number of aromatic nitrogens is 2. The highest BCUT2D eigenvalue weighted by Crippen LogP contribution is 2.42. The van der Waals surface area contributed by atoms with E-state index in [0.29, 0.717) is 28.0 Å². The number of nitrogens with one attached hydrogen (secondary N) is 1. The van der Waals surface area contributed by atoms with Gasteiger partial charge in [0.15, 0.2) is 0 Å². The summed E-state index contributed by atoms with van der Waals surface area (Å²) in [5.74, 6) is -2.36. The summed E-state index contributed by atoms with van der Waals surface area (Å²) in [6.07, 6.45) is -5.43. The van der Waals surface area contributed by atoms with E-state index in [1.165, 1.54) is 37.4 Å². The van der Waals surface area contributed by atoms with Crippen molar-refractivity contribution in [1.29, 1.82) is 0 Å². The van der Waals surface area contributed by atoms with E-state index < -0.39 is 48.1 Å². The molecule has 0 saturated carbocycles. The largest absolute Gasteiger partial charge is 0.494 e. The third-order valence-corrected chi connectivity index (χ3v) is 7.26. The third-order valence-electron chi connectivity index (χ3n) is 6.87. The molecule has 0 aliphatic carbocycles. The zero-order valence-corrected chi connectivity index (χ0v) is 25.1. The average molecular weight is 649 g/mol. The number of nitrogens with two attached hydrogens (primary N) is 1. The van der Waals surface area contributed by atoms with Gasteiger partial charge in [-0.15, -0.1) is 0 Å². The molecule has 0 aliphatic rings. The Labute approximate surface area is 260 Å². The van der Waals surface area contributed by atoms with Crippen LogP contribution >= 0.6 is 11.6 Å². The number of primary amides is 1. The van der Waals surface area contributed by atoms with Gasteiger partial charge in [0.2, 0.25) is 11.5 Å². The van der Waals surface area contributed by atoms with E-state index in [4.69, 9.17) is 26.8 Å². The van der Waals surface area contributed by atoms with E-state index in [1.54, 1.807) is 13.8 Å². The van der Waals surface area contributed by atoms with Crippen LogP contribution in [0.5, 0.6) is 11.5 Å². The second-order valence-electron chi connectivity index (χ2n) is 10.2. The van der Waals surface area contributed by atoms with Gasteiger partial charge in [-0.05, 0) is 61.9 Å². The molecule has 2 amide bonds. The summed E-state index contributed by atoms with van der Waals surface area (Å²) in [6, 6.07) is 9.72. The van der Waals surface area contributed by atoms with Crippen LogP contribution in [0.2, 0.25) is 5.02 Å². The topological polar surface area (TPSA) is 137 Å². The highest BCUT2D eigenvalue weighted by atomic mass is 35.5. The molecule has 0 saturated heterocycles. The number of aryl methyl sites for hydroxylation is 1. The molecule has 4 aromatic rings. The Hall–Kier alpha value is -4.49. The molecular weight excluding hydrogens is 620 g/mol. The van der Waals surface area contributed by atoms with Gasteiger partial charge in [-0.2, -0.15) is 13.2 Å². The molecular formula is C31H29ClF4N4O5. The number of aliphatic hydroxyl groups is 1. The summed E-state index contributed by atoms with van der Waals surface area (Å²) < 4.78 is 68.8. The number of carbonyl (C=O) groups excluding carboxylic acids is 2. The minimum atomic E-state index is -5.38. The van der Waals surface area contributed by atoms with Crippen molar-refractivity contribution >= 4 is 34.3 Å². The van der Waals surface area contributed by atoms with Crippen molar-refractivity contribution in [3.8, 4) is 22.8 Å². The predicted octanol–water partition coefficient (Wildman–Crippen LogP) is 5.40. The van der Waals surface area contributed by atoms with Crippen molar-refractivity contribution in [3.05, 3.63) is 81.9 Å². The van der Waals surface area contributed by atoms with Gasteiger partial charge in [0.05, 0.1) is 43.1 Å². The Morgan fingerprint density at radius 1 is 1.09 bits per heavy atom. The van der Waals surface area contributed by atoms with Crippen molar-refractivity contribution < 1.29 is 41.7 Å². The summed E-state index contributed by atoms with van der Waals surface area (Å²) in [5.41, 5.74) is 1.35. The van der Waals surface area contributed by atoms with Crippen molar-refractivity contribution in [2.75, 3.05) is 20.3 Å². The number of fused-ring (bicyclic) bond motifs is 1. The van der Waals surface area contributed by atoms with Crippen LogP contribution < -0.4 is 20.5 Å². The van der Waals surface area contributed by atoms with Gasteiger partial charge >= 0.3 is 6.18 Å². The van der Waals surface area contributed by atoms with Crippen LogP contribution in [0.4, 0.5) is 17.6 Å². The predicted molar refractivity (Wildman–Crippen MR) is 159 cm³/mol. The number of hydrogen-bond donors (Lipinski definition) is 3. The fourth-order valence-electron chi connectivity index (χ4n) is 4.54. The van der Waals surface area contributed by atoms with E-state index in [0.717, 1.165) is 18.2 Å². The number of carbonyl (C=O) groups is 2. The number of halogens is 5. The molecule has 4 rings (SSSR count). The number of hydrogen-bond acceptors (Lipinski definition) is 7. The van der Waals surface area contributed by atoms with Gasteiger partial charge in [-0.3, -0.25) is 9.59 Å². The van der Waals surface area contributed by atoms with Crippen LogP contribution in [0, 0.1) is 12.7 Å². The number of ether oxygens (including phenoxy) is 2. The molecule has 4 N–H and O–H groups in total. The van der Waals surface area contributed by atoms with Crippen molar-refractivity contribution in [3.63, 3.8) is 0 Å². The summed E-state index contributed by atoms with van der Waals surface area (Å²) in [6.45, 7) is 2.20. The quantitative estimate of drug-likeness (QED) is 0.185. The van der Waals surface area contributed by atoms with Crippen molar-refractivity contribution in [2.45, 2.75) is 38.5 Å². The minimum absolute atomic E-state index is 0.0506. The monoisotopic (exact) mass is 648 g/mol. The highest BCUT2D eigenvalue weighted by Gasteiger charge is 2.56. The first-order valence-electron chi connectivity index (χ1n) is 13.6. The first-order chi connectivity index (χ1) is 21.2. The molecule has 9 nitrogen and oxygen atoms in total. The first kappa shape index (κ1) is 33.4. The van der Waals surface area contributed by atoms with Gasteiger partial charge in [-0.1, -0.05) is 18.5 Å². The molecule has 1 atom stereocenters. The molecule has 2 aromatic heterocycles. The van der Waals surface area contributed by atoms with Crippen LogP contribution in [-0.4, -0.2) is 53.3 Å². The Balaban J connectivity index is 1.81. The van der Waals surface area contributed by atoms with Crippen LogP contribution in [0.1, 0.15) is 40.7 Å². The van der Waals surface area contributed by atoms with Crippen LogP contribution in [-0.2, 0) is 16.8 Å². The van der Waals surface area contributed by atoms with Crippen LogP contribution in [0.3, 0.4) is 0 Å². The lowest BCUT2D eigenvalue weighted by Gasteiger charge is -2.31.